The van der Waals surface area contributed by atoms with E-state index in [-0.39, 0.29) is 4.68 Å². The van der Waals surface area contributed by atoms with Gasteiger partial charge in [-0.1, -0.05) is 0 Å². The molecule has 0 saturated heterocycles. The maximum absolute atomic E-state index is 13.6. The van der Waals surface area contributed by atoms with Crippen molar-refractivity contribution in [3.63, 3.8) is 0 Å². The van der Waals surface area contributed by atoms with Crippen molar-refractivity contribution in [2.75, 3.05) is 5.73 Å². The molecule has 20 heavy (non-hydrogen) atoms. The number of nitrogens with two attached hydrogens (primary N) is 1. The summed E-state index contributed by atoms with van der Waals surface area (Å²) in [5.74, 6) is -10.0. The minimum absolute atomic E-state index is 0.247. The average molecular weight is 299 g/mol. The van der Waals surface area contributed by atoms with Gasteiger partial charge in [0.15, 0.2) is 23.3 Å². The van der Waals surface area contributed by atoms with Crippen LogP contribution in [0.2, 0.25) is 0 Å². The smallest absolute Gasteiger partial charge is 0.384 e. The van der Waals surface area contributed by atoms with E-state index in [9.17, 15) is 30.7 Å². The minimum Gasteiger partial charge on any atom is -0.384 e. The molecule has 0 atom stereocenters. The third-order valence-corrected chi connectivity index (χ3v) is 2.41. The highest BCUT2D eigenvalue weighted by molar-refractivity contribution is 5.46. The summed E-state index contributed by atoms with van der Waals surface area (Å²) in [6.45, 7) is 0. The predicted molar refractivity (Wildman–Crippen MR) is 52.8 cm³/mol. The molecule has 0 unspecified atom stereocenters. The summed E-state index contributed by atoms with van der Waals surface area (Å²) in [6.07, 6.45) is -4.65. The van der Waals surface area contributed by atoms with Crippen molar-refractivity contribution in [3.05, 3.63) is 41.1 Å². The molecular weight excluding hydrogens is 295 g/mol. The van der Waals surface area contributed by atoms with E-state index in [0.29, 0.717) is 0 Å². The monoisotopic (exact) mass is 299 g/mol. The van der Waals surface area contributed by atoms with Crippen LogP contribution in [-0.4, -0.2) is 9.78 Å². The van der Waals surface area contributed by atoms with E-state index in [2.05, 4.69) is 5.10 Å². The number of halogens is 7. The molecular formula is C10H4F7N3. The number of alkyl halides is 3. The van der Waals surface area contributed by atoms with Crippen molar-refractivity contribution in [2.45, 2.75) is 6.18 Å². The molecule has 0 fully saturated rings. The Morgan fingerprint density at radius 3 is 1.80 bits per heavy atom. The standard InChI is InChI=1S/C10H4F7N3/c11-5-4(10(15,16)17)6(12)8(14)9(7(5)13)20-3(18)1-2-19-20/h1-2H,18H2. The molecule has 0 aliphatic heterocycles. The van der Waals surface area contributed by atoms with Gasteiger partial charge in [0.2, 0.25) is 0 Å². The largest absolute Gasteiger partial charge is 0.422 e. The molecule has 108 valence electrons. The molecule has 3 nitrogen and oxygen atoms in total. The second-order valence-corrected chi connectivity index (χ2v) is 3.65. The molecule has 0 radical (unpaired) electrons. The maximum atomic E-state index is 13.6. The van der Waals surface area contributed by atoms with E-state index in [1.165, 1.54) is 0 Å². The Morgan fingerprint density at radius 1 is 0.950 bits per heavy atom. The molecule has 2 aromatic rings. The molecule has 0 aliphatic rings. The van der Waals surface area contributed by atoms with Crippen molar-refractivity contribution in [3.8, 4) is 5.69 Å². The molecule has 0 saturated carbocycles. The van der Waals surface area contributed by atoms with E-state index in [0.717, 1.165) is 12.3 Å². The van der Waals surface area contributed by atoms with Gasteiger partial charge in [-0.3, -0.25) is 0 Å². The van der Waals surface area contributed by atoms with Crippen molar-refractivity contribution >= 4 is 5.82 Å². The molecule has 1 aromatic carbocycles. The van der Waals surface area contributed by atoms with Crippen molar-refractivity contribution in [1.29, 1.82) is 0 Å². The van der Waals surface area contributed by atoms with Crippen LogP contribution in [0.5, 0.6) is 0 Å². The number of benzene rings is 1. The quantitative estimate of drug-likeness (QED) is 0.650. The Balaban J connectivity index is 2.85. The summed E-state index contributed by atoms with van der Waals surface area (Å²) in [4.78, 5) is 0. The first-order valence-electron chi connectivity index (χ1n) is 4.89. The van der Waals surface area contributed by atoms with Gasteiger partial charge in [0.05, 0.1) is 6.20 Å². The van der Waals surface area contributed by atoms with Crippen molar-refractivity contribution in [1.82, 2.24) is 9.78 Å². The second kappa shape index (κ2) is 4.39. The first kappa shape index (κ1) is 14.2. The SMILES string of the molecule is Nc1ccnn1-c1c(F)c(F)c(C(F)(F)F)c(F)c1F. The highest BCUT2D eigenvalue weighted by Crippen LogP contribution is 2.38. The van der Waals surface area contributed by atoms with Gasteiger partial charge in [0, 0.05) is 6.07 Å². The van der Waals surface area contributed by atoms with Crippen LogP contribution in [-0.2, 0) is 6.18 Å². The number of hydrogen-bond acceptors (Lipinski definition) is 2. The topological polar surface area (TPSA) is 43.8 Å². The van der Waals surface area contributed by atoms with E-state index in [1.807, 2.05) is 0 Å². The zero-order valence-electron chi connectivity index (χ0n) is 9.27. The van der Waals surface area contributed by atoms with Crippen LogP contribution in [0.15, 0.2) is 12.3 Å². The van der Waals surface area contributed by atoms with Crippen LogP contribution in [0, 0.1) is 23.3 Å². The Kier molecular flexibility index (Phi) is 3.11. The fraction of sp³-hybridized carbons (Fsp3) is 0.100. The van der Waals surface area contributed by atoms with Crippen molar-refractivity contribution in [2.24, 2.45) is 0 Å². The van der Waals surface area contributed by atoms with E-state index in [1.54, 1.807) is 0 Å². The Labute approximate surface area is 106 Å². The van der Waals surface area contributed by atoms with E-state index in [4.69, 9.17) is 5.73 Å². The fourth-order valence-electron chi connectivity index (χ4n) is 1.56. The summed E-state index contributed by atoms with van der Waals surface area (Å²) in [5, 5.41) is 3.28. The van der Waals surface area contributed by atoms with E-state index < -0.39 is 46.5 Å². The normalized spacial score (nSPS) is 11.9. The Hall–Kier alpha value is -2.26. The fourth-order valence-corrected chi connectivity index (χ4v) is 1.56. The van der Waals surface area contributed by atoms with Crippen LogP contribution in [0.1, 0.15) is 5.56 Å². The van der Waals surface area contributed by atoms with Gasteiger partial charge in [-0.2, -0.15) is 18.3 Å². The number of nitrogens with zero attached hydrogens (tertiary/aromatic N) is 2. The number of hydrogen-bond donors (Lipinski definition) is 1. The Morgan fingerprint density at radius 2 is 1.45 bits per heavy atom. The zero-order valence-corrected chi connectivity index (χ0v) is 9.27. The molecule has 0 amide bonds. The highest BCUT2D eigenvalue weighted by atomic mass is 19.4. The molecule has 0 aliphatic carbocycles. The summed E-state index contributed by atoms with van der Waals surface area (Å²) in [6, 6.07) is 1.03. The van der Waals surface area contributed by atoms with Crippen molar-refractivity contribution < 1.29 is 30.7 Å². The molecule has 0 bridgehead atoms. The summed E-state index contributed by atoms with van der Waals surface area (Å²) >= 11 is 0. The third kappa shape index (κ3) is 1.96. The number of aromatic nitrogens is 2. The van der Waals surface area contributed by atoms with Gasteiger partial charge >= 0.3 is 6.18 Å². The maximum Gasteiger partial charge on any atom is 0.422 e. The first-order chi connectivity index (χ1) is 9.16. The van der Waals surface area contributed by atoms with Crippen LogP contribution >= 0.6 is 0 Å². The lowest BCUT2D eigenvalue weighted by atomic mass is 10.1. The first-order valence-corrected chi connectivity index (χ1v) is 4.89. The Bertz CT molecular complexity index is 645. The van der Waals surface area contributed by atoms with Gasteiger partial charge in [0.1, 0.15) is 17.1 Å². The van der Waals surface area contributed by atoms with Gasteiger partial charge in [-0.15, -0.1) is 0 Å². The average Bonchev–Trinajstić information content (AvgIpc) is 2.72. The zero-order chi connectivity index (χ0) is 15.2. The molecule has 2 rings (SSSR count). The molecule has 1 aromatic heterocycles. The van der Waals surface area contributed by atoms with Crippen LogP contribution in [0.25, 0.3) is 5.69 Å². The third-order valence-electron chi connectivity index (χ3n) is 2.41. The van der Waals surface area contributed by atoms with Crippen LogP contribution in [0.4, 0.5) is 36.6 Å². The van der Waals surface area contributed by atoms with Gasteiger partial charge in [0.25, 0.3) is 0 Å². The number of rotatable bonds is 1. The van der Waals surface area contributed by atoms with E-state index >= 15 is 0 Å². The van der Waals surface area contributed by atoms with Crippen LogP contribution < -0.4 is 5.73 Å². The summed E-state index contributed by atoms with van der Waals surface area (Å²) in [7, 11) is 0. The lowest BCUT2D eigenvalue weighted by Crippen LogP contribution is -2.18. The van der Waals surface area contributed by atoms with Crippen LogP contribution in [0.3, 0.4) is 0 Å². The molecule has 10 heteroatoms. The second-order valence-electron chi connectivity index (χ2n) is 3.65. The predicted octanol–water partition coefficient (Wildman–Crippen LogP) is 3.03. The van der Waals surface area contributed by atoms with Gasteiger partial charge < -0.3 is 5.73 Å². The minimum atomic E-state index is -5.59. The molecule has 2 N–H and O–H groups in total. The number of anilines is 1. The van der Waals surface area contributed by atoms with Gasteiger partial charge in [-0.25, -0.2) is 22.2 Å². The summed E-state index contributed by atoms with van der Waals surface area (Å²) in [5.41, 5.74) is 1.12. The molecule has 1 heterocycles. The number of nitrogen functional groups attached to an aromatic ring is 1. The lowest BCUT2D eigenvalue weighted by molar-refractivity contribution is -0.143. The lowest BCUT2D eigenvalue weighted by Gasteiger charge is -2.14. The van der Waals surface area contributed by atoms with Gasteiger partial charge in [-0.05, 0) is 0 Å². The molecule has 0 spiro atoms. The summed E-state index contributed by atoms with van der Waals surface area (Å²) < 4.78 is 91.2. The highest BCUT2D eigenvalue weighted by Gasteiger charge is 2.42.